The molecule has 1 aromatic heterocycles. The standard InChI is InChI=1S/C29H36N6O2/c1-3-30-29-31-20-26-27(32-29)33(2)16-17-35(28(26)37)24-8-4-6-21(18-24)10-13-34-14-11-22(12-15-34)23-7-5-9-25(36)19-23/h4-9,18-20,22,36H,3,10-17H2,1-2H3,(H,30,31,32). The highest BCUT2D eigenvalue weighted by Gasteiger charge is 2.28. The van der Waals surface area contributed by atoms with Crippen molar-refractivity contribution < 1.29 is 9.90 Å². The number of aromatic hydroxyl groups is 1. The molecule has 3 aromatic rings. The van der Waals surface area contributed by atoms with Crippen molar-refractivity contribution in [3.8, 4) is 5.75 Å². The summed E-state index contributed by atoms with van der Waals surface area (Å²) in [5.74, 6) is 2.02. The van der Waals surface area contributed by atoms with Gasteiger partial charge in [0.15, 0.2) is 0 Å². The van der Waals surface area contributed by atoms with E-state index in [-0.39, 0.29) is 5.91 Å². The summed E-state index contributed by atoms with van der Waals surface area (Å²) >= 11 is 0. The number of phenolic OH excluding ortho intramolecular Hbond substituents is 1. The normalized spacial score (nSPS) is 17.0. The minimum atomic E-state index is -0.0615. The van der Waals surface area contributed by atoms with E-state index in [0.717, 1.165) is 51.1 Å². The largest absolute Gasteiger partial charge is 0.508 e. The number of likely N-dealkylation sites (tertiary alicyclic amines) is 1. The molecule has 2 aliphatic heterocycles. The van der Waals surface area contributed by atoms with Crippen molar-refractivity contribution >= 4 is 23.4 Å². The number of anilines is 3. The Bertz CT molecular complexity index is 1240. The van der Waals surface area contributed by atoms with Crippen molar-refractivity contribution in [3.05, 3.63) is 71.4 Å². The lowest BCUT2D eigenvalue weighted by Crippen LogP contribution is -2.35. The summed E-state index contributed by atoms with van der Waals surface area (Å²) in [4.78, 5) is 28.8. The maximum absolute atomic E-state index is 13.5. The highest BCUT2D eigenvalue weighted by atomic mass is 16.3. The van der Waals surface area contributed by atoms with Gasteiger partial charge in [-0.15, -0.1) is 0 Å². The highest BCUT2D eigenvalue weighted by molar-refractivity contribution is 6.09. The van der Waals surface area contributed by atoms with Gasteiger partial charge < -0.3 is 25.1 Å². The molecular weight excluding hydrogens is 464 g/mol. The quantitative estimate of drug-likeness (QED) is 0.505. The molecular formula is C29H36N6O2. The van der Waals surface area contributed by atoms with Gasteiger partial charge in [0.05, 0.1) is 0 Å². The third kappa shape index (κ3) is 5.69. The van der Waals surface area contributed by atoms with Crippen LogP contribution in [-0.4, -0.2) is 72.2 Å². The summed E-state index contributed by atoms with van der Waals surface area (Å²) in [5, 5.41) is 12.9. The number of piperidine rings is 1. The van der Waals surface area contributed by atoms with Crippen molar-refractivity contribution in [1.82, 2.24) is 14.9 Å². The van der Waals surface area contributed by atoms with Gasteiger partial charge in [0, 0.05) is 45.1 Å². The van der Waals surface area contributed by atoms with Crippen molar-refractivity contribution in [2.75, 3.05) is 61.4 Å². The highest BCUT2D eigenvalue weighted by Crippen LogP contribution is 2.30. The lowest BCUT2D eigenvalue weighted by atomic mass is 9.89. The van der Waals surface area contributed by atoms with E-state index in [4.69, 9.17) is 0 Å². The van der Waals surface area contributed by atoms with E-state index < -0.39 is 0 Å². The minimum Gasteiger partial charge on any atom is -0.508 e. The molecule has 1 saturated heterocycles. The van der Waals surface area contributed by atoms with Crippen LogP contribution in [0.1, 0.15) is 47.2 Å². The van der Waals surface area contributed by atoms with E-state index >= 15 is 0 Å². The van der Waals surface area contributed by atoms with Crippen LogP contribution in [0.4, 0.5) is 17.5 Å². The van der Waals surface area contributed by atoms with Crippen LogP contribution in [0.5, 0.6) is 5.75 Å². The molecule has 1 amide bonds. The molecule has 2 aromatic carbocycles. The van der Waals surface area contributed by atoms with E-state index in [1.54, 1.807) is 12.3 Å². The van der Waals surface area contributed by atoms with Crippen LogP contribution in [0.15, 0.2) is 54.7 Å². The Morgan fingerprint density at radius 3 is 2.65 bits per heavy atom. The monoisotopic (exact) mass is 500 g/mol. The van der Waals surface area contributed by atoms with Crippen LogP contribution >= 0.6 is 0 Å². The molecule has 8 heteroatoms. The topological polar surface area (TPSA) is 84.8 Å². The zero-order valence-electron chi connectivity index (χ0n) is 21.7. The second-order valence-corrected chi connectivity index (χ2v) is 9.97. The van der Waals surface area contributed by atoms with Crippen molar-refractivity contribution in [2.45, 2.75) is 32.1 Å². The molecule has 2 N–H and O–H groups in total. The first-order chi connectivity index (χ1) is 18.0. The number of fused-ring (bicyclic) bond motifs is 1. The summed E-state index contributed by atoms with van der Waals surface area (Å²) in [5.41, 5.74) is 3.92. The summed E-state index contributed by atoms with van der Waals surface area (Å²) in [6.45, 7) is 7.12. The zero-order valence-corrected chi connectivity index (χ0v) is 21.7. The van der Waals surface area contributed by atoms with Gasteiger partial charge in [0.1, 0.15) is 17.1 Å². The van der Waals surface area contributed by atoms with Gasteiger partial charge in [-0.05, 0) is 80.6 Å². The van der Waals surface area contributed by atoms with Gasteiger partial charge in [-0.1, -0.05) is 24.3 Å². The van der Waals surface area contributed by atoms with E-state index in [0.29, 0.717) is 42.1 Å². The molecule has 0 atom stereocenters. The Labute approximate surface area is 219 Å². The number of nitrogens with one attached hydrogen (secondary N) is 1. The third-order valence-electron chi connectivity index (χ3n) is 7.47. The number of carbonyl (C=O) groups excluding carboxylic acids is 1. The number of aromatic nitrogens is 2. The summed E-state index contributed by atoms with van der Waals surface area (Å²) in [6.07, 6.45) is 4.80. The molecule has 0 unspecified atom stereocenters. The number of benzene rings is 2. The van der Waals surface area contributed by atoms with Crippen molar-refractivity contribution in [3.63, 3.8) is 0 Å². The Balaban J connectivity index is 1.22. The lowest BCUT2D eigenvalue weighted by Gasteiger charge is -2.32. The van der Waals surface area contributed by atoms with E-state index in [1.165, 1.54) is 11.1 Å². The second kappa shape index (κ2) is 11.2. The molecule has 0 saturated carbocycles. The number of hydrogen-bond acceptors (Lipinski definition) is 7. The van der Waals surface area contributed by atoms with Gasteiger partial charge in [-0.25, -0.2) is 4.98 Å². The molecule has 0 radical (unpaired) electrons. The van der Waals surface area contributed by atoms with Gasteiger partial charge in [-0.2, -0.15) is 4.98 Å². The van der Waals surface area contributed by atoms with Gasteiger partial charge in [0.2, 0.25) is 5.95 Å². The molecule has 194 valence electrons. The molecule has 3 heterocycles. The number of carbonyl (C=O) groups is 1. The van der Waals surface area contributed by atoms with Crippen LogP contribution in [-0.2, 0) is 6.42 Å². The van der Waals surface area contributed by atoms with E-state index in [9.17, 15) is 9.90 Å². The summed E-state index contributed by atoms with van der Waals surface area (Å²) in [7, 11) is 1.97. The van der Waals surface area contributed by atoms with E-state index in [1.807, 2.05) is 48.0 Å². The maximum Gasteiger partial charge on any atom is 0.263 e. The maximum atomic E-state index is 13.5. The lowest BCUT2D eigenvalue weighted by molar-refractivity contribution is 0.0989. The summed E-state index contributed by atoms with van der Waals surface area (Å²) < 4.78 is 0. The SMILES string of the molecule is CCNc1ncc2c(n1)N(C)CCN(c1cccc(CCN3CCC(c4cccc(O)c4)CC3)c1)C2=O. The first-order valence-corrected chi connectivity index (χ1v) is 13.3. The fourth-order valence-electron chi connectivity index (χ4n) is 5.34. The Morgan fingerprint density at radius 1 is 1.05 bits per heavy atom. The molecule has 2 aliphatic rings. The molecule has 37 heavy (non-hydrogen) atoms. The molecule has 1 fully saturated rings. The Morgan fingerprint density at radius 2 is 1.86 bits per heavy atom. The number of likely N-dealkylation sites (N-methyl/N-ethyl adjacent to an activating group) is 1. The fraction of sp³-hybridized carbons (Fsp3) is 0.414. The van der Waals surface area contributed by atoms with Crippen LogP contribution in [0.2, 0.25) is 0 Å². The number of phenols is 1. The Kier molecular flexibility index (Phi) is 7.55. The van der Waals surface area contributed by atoms with Crippen molar-refractivity contribution in [1.29, 1.82) is 0 Å². The predicted octanol–water partition coefficient (Wildman–Crippen LogP) is 4.13. The first-order valence-electron chi connectivity index (χ1n) is 13.3. The molecule has 0 spiro atoms. The molecule has 5 rings (SSSR count). The smallest absolute Gasteiger partial charge is 0.263 e. The van der Waals surface area contributed by atoms with E-state index in [2.05, 4.69) is 38.4 Å². The number of nitrogens with zero attached hydrogens (tertiary/aromatic N) is 5. The van der Waals surface area contributed by atoms with Gasteiger partial charge in [0.25, 0.3) is 5.91 Å². The number of rotatable bonds is 7. The molecule has 0 bridgehead atoms. The summed E-state index contributed by atoms with van der Waals surface area (Å²) in [6, 6.07) is 16.1. The van der Waals surface area contributed by atoms with Crippen LogP contribution in [0, 0.1) is 0 Å². The van der Waals surface area contributed by atoms with Crippen LogP contribution in [0.3, 0.4) is 0 Å². The Hall–Kier alpha value is -3.65. The predicted molar refractivity (Wildman–Crippen MR) is 148 cm³/mol. The number of amides is 1. The second-order valence-electron chi connectivity index (χ2n) is 9.97. The van der Waals surface area contributed by atoms with Crippen LogP contribution in [0.25, 0.3) is 0 Å². The van der Waals surface area contributed by atoms with Gasteiger partial charge in [-0.3, -0.25) is 4.79 Å². The first kappa shape index (κ1) is 25.0. The van der Waals surface area contributed by atoms with Gasteiger partial charge >= 0.3 is 0 Å². The fourth-order valence-corrected chi connectivity index (χ4v) is 5.34. The minimum absolute atomic E-state index is 0.0615. The average molecular weight is 501 g/mol. The average Bonchev–Trinajstić information content (AvgIpc) is 3.04. The van der Waals surface area contributed by atoms with Crippen molar-refractivity contribution in [2.24, 2.45) is 0 Å². The molecule has 0 aliphatic carbocycles. The zero-order chi connectivity index (χ0) is 25.8. The molecule has 8 nitrogen and oxygen atoms in total. The van der Waals surface area contributed by atoms with Crippen LogP contribution < -0.4 is 15.1 Å². The number of hydrogen-bond donors (Lipinski definition) is 2. The third-order valence-corrected chi connectivity index (χ3v) is 7.47.